The van der Waals surface area contributed by atoms with Gasteiger partial charge in [0.1, 0.15) is 10.7 Å². The zero-order valence-corrected chi connectivity index (χ0v) is 11.3. The molecule has 2 N–H and O–H groups in total. The van der Waals surface area contributed by atoms with Crippen LogP contribution in [0.25, 0.3) is 0 Å². The van der Waals surface area contributed by atoms with E-state index in [-0.39, 0.29) is 6.61 Å². The van der Waals surface area contributed by atoms with Crippen LogP contribution in [0, 0.1) is 15.9 Å². The molecule has 1 aromatic rings. The minimum absolute atomic E-state index is 0.133. The SMILES string of the molecule is COCC(CO)NS(=O)(=O)c1cc([N+](=O)[O-])ccc1F. The lowest BCUT2D eigenvalue weighted by Crippen LogP contribution is -2.40. The van der Waals surface area contributed by atoms with Gasteiger partial charge in [-0.3, -0.25) is 10.1 Å². The van der Waals surface area contributed by atoms with Crippen molar-refractivity contribution in [1.29, 1.82) is 0 Å². The monoisotopic (exact) mass is 308 g/mol. The fourth-order valence-corrected chi connectivity index (χ4v) is 2.73. The highest BCUT2D eigenvalue weighted by molar-refractivity contribution is 7.89. The summed E-state index contributed by atoms with van der Waals surface area (Å²) in [5.41, 5.74) is -0.556. The molecule has 1 atom stereocenters. The number of benzene rings is 1. The molecule has 0 radical (unpaired) electrons. The van der Waals surface area contributed by atoms with Gasteiger partial charge in [0.2, 0.25) is 10.0 Å². The number of sulfonamides is 1. The number of nitrogens with zero attached hydrogens (tertiary/aromatic N) is 1. The second kappa shape index (κ2) is 6.70. The Kier molecular flexibility index (Phi) is 5.51. The maximum absolute atomic E-state index is 13.5. The van der Waals surface area contributed by atoms with Crippen molar-refractivity contribution in [2.75, 3.05) is 20.3 Å². The van der Waals surface area contributed by atoms with Crippen LogP contribution < -0.4 is 4.72 Å². The Hall–Kier alpha value is -1.62. The summed E-state index contributed by atoms with van der Waals surface area (Å²) in [5, 5.41) is 19.6. The summed E-state index contributed by atoms with van der Waals surface area (Å²) < 4.78 is 44.1. The van der Waals surface area contributed by atoms with E-state index >= 15 is 0 Å². The fraction of sp³-hybridized carbons (Fsp3) is 0.400. The maximum Gasteiger partial charge on any atom is 0.270 e. The van der Waals surface area contributed by atoms with Gasteiger partial charge in [-0.1, -0.05) is 0 Å². The molecule has 0 bridgehead atoms. The number of ether oxygens (including phenoxy) is 1. The highest BCUT2D eigenvalue weighted by Crippen LogP contribution is 2.21. The lowest BCUT2D eigenvalue weighted by atomic mass is 10.3. The van der Waals surface area contributed by atoms with Gasteiger partial charge in [-0.2, -0.15) is 0 Å². The number of rotatable bonds is 7. The van der Waals surface area contributed by atoms with Crippen LogP contribution in [0.3, 0.4) is 0 Å². The minimum Gasteiger partial charge on any atom is -0.395 e. The van der Waals surface area contributed by atoms with Crippen LogP contribution in [-0.2, 0) is 14.8 Å². The fourth-order valence-electron chi connectivity index (χ4n) is 1.42. The number of nitrogens with one attached hydrogen (secondary N) is 1. The van der Waals surface area contributed by atoms with Gasteiger partial charge in [0.05, 0.1) is 24.2 Å². The average Bonchev–Trinajstić information content (AvgIpc) is 2.37. The lowest BCUT2D eigenvalue weighted by molar-refractivity contribution is -0.385. The minimum atomic E-state index is -4.35. The Morgan fingerprint density at radius 1 is 1.55 bits per heavy atom. The Labute approximate surface area is 114 Å². The Morgan fingerprint density at radius 3 is 2.70 bits per heavy atom. The maximum atomic E-state index is 13.5. The normalized spacial score (nSPS) is 13.2. The number of nitro benzene ring substituents is 1. The molecule has 112 valence electrons. The van der Waals surface area contributed by atoms with E-state index in [1.165, 1.54) is 7.11 Å². The number of aliphatic hydroxyl groups is 1. The van der Waals surface area contributed by atoms with Crippen molar-refractivity contribution >= 4 is 15.7 Å². The van der Waals surface area contributed by atoms with E-state index in [2.05, 4.69) is 4.74 Å². The van der Waals surface area contributed by atoms with E-state index in [4.69, 9.17) is 5.11 Å². The van der Waals surface area contributed by atoms with Crippen molar-refractivity contribution in [3.8, 4) is 0 Å². The number of halogens is 1. The molecule has 0 fully saturated rings. The number of non-ortho nitro benzene ring substituents is 1. The first kappa shape index (κ1) is 16.4. The summed E-state index contributed by atoms with van der Waals surface area (Å²) in [7, 11) is -3.05. The van der Waals surface area contributed by atoms with Crippen molar-refractivity contribution < 1.29 is 27.6 Å². The van der Waals surface area contributed by atoms with Crippen LogP contribution in [0.2, 0.25) is 0 Å². The van der Waals surface area contributed by atoms with E-state index in [0.29, 0.717) is 12.1 Å². The molecule has 10 heteroatoms. The van der Waals surface area contributed by atoms with Crippen molar-refractivity contribution in [3.05, 3.63) is 34.1 Å². The van der Waals surface area contributed by atoms with Crippen LogP contribution >= 0.6 is 0 Å². The van der Waals surface area contributed by atoms with Gasteiger partial charge in [0, 0.05) is 19.2 Å². The Bertz CT molecular complexity index is 591. The van der Waals surface area contributed by atoms with Crippen LogP contribution in [0.5, 0.6) is 0 Å². The highest BCUT2D eigenvalue weighted by Gasteiger charge is 2.25. The van der Waals surface area contributed by atoms with Crippen molar-refractivity contribution in [2.24, 2.45) is 0 Å². The first-order valence-corrected chi connectivity index (χ1v) is 6.86. The van der Waals surface area contributed by atoms with Crippen LogP contribution in [-0.4, -0.2) is 44.8 Å². The first-order valence-electron chi connectivity index (χ1n) is 5.38. The van der Waals surface area contributed by atoms with Gasteiger partial charge >= 0.3 is 0 Å². The molecule has 8 nitrogen and oxygen atoms in total. The molecule has 0 amide bonds. The molecule has 0 aliphatic rings. The number of methoxy groups -OCH3 is 1. The Balaban J connectivity index is 3.14. The molecular formula is C10H13FN2O6S. The highest BCUT2D eigenvalue weighted by atomic mass is 32.2. The largest absolute Gasteiger partial charge is 0.395 e. The van der Waals surface area contributed by atoms with Gasteiger partial charge in [-0.25, -0.2) is 17.5 Å². The van der Waals surface area contributed by atoms with Crippen molar-refractivity contribution in [2.45, 2.75) is 10.9 Å². The summed E-state index contributed by atoms with van der Waals surface area (Å²) >= 11 is 0. The molecule has 20 heavy (non-hydrogen) atoms. The van der Waals surface area contributed by atoms with Gasteiger partial charge in [-0.15, -0.1) is 0 Å². The lowest BCUT2D eigenvalue weighted by Gasteiger charge is -2.15. The van der Waals surface area contributed by atoms with Gasteiger partial charge in [0.15, 0.2) is 0 Å². The summed E-state index contributed by atoms with van der Waals surface area (Å²) in [6.45, 7) is -0.699. The van der Waals surface area contributed by atoms with Gasteiger partial charge in [-0.05, 0) is 6.07 Å². The summed E-state index contributed by atoms with van der Waals surface area (Å²) in [6.07, 6.45) is 0. The summed E-state index contributed by atoms with van der Waals surface area (Å²) in [6, 6.07) is 1.17. The zero-order valence-electron chi connectivity index (χ0n) is 10.4. The summed E-state index contributed by atoms with van der Waals surface area (Å²) in [5.74, 6) is -1.13. The summed E-state index contributed by atoms with van der Waals surface area (Å²) in [4.78, 5) is 8.88. The molecule has 0 heterocycles. The molecule has 1 unspecified atom stereocenters. The standard InChI is InChI=1S/C10H13FN2O6S/c1-19-6-7(5-14)12-20(17,18)10-4-8(13(15)16)2-3-9(10)11/h2-4,7,12,14H,5-6H2,1H3. The molecule has 1 aromatic carbocycles. The van der Waals surface area contributed by atoms with E-state index < -0.39 is 44.0 Å². The quantitative estimate of drug-likeness (QED) is 0.541. The van der Waals surface area contributed by atoms with Crippen LogP contribution in [0.15, 0.2) is 23.1 Å². The number of aliphatic hydroxyl groups excluding tert-OH is 1. The number of nitro groups is 1. The topological polar surface area (TPSA) is 119 Å². The molecular weight excluding hydrogens is 295 g/mol. The third kappa shape index (κ3) is 3.93. The zero-order chi connectivity index (χ0) is 15.3. The number of hydrogen-bond donors (Lipinski definition) is 2. The second-order valence-electron chi connectivity index (χ2n) is 3.83. The predicted molar refractivity (Wildman–Crippen MR) is 66.1 cm³/mol. The third-order valence-corrected chi connectivity index (χ3v) is 3.86. The first-order chi connectivity index (χ1) is 9.31. The van der Waals surface area contributed by atoms with E-state index in [0.717, 1.165) is 6.07 Å². The third-order valence-electron chi connectivity index (χ3n) is 2.33. The molecule has 0 aliphatic heterocycles. The van der Waals surface area contributed by atoms with Crippen molar-refractivity contribution in [1.82, 2.24) is 4.72 Å². The smallest absolute Gasteiger partial charge is 0.270 e. The molecule has 0 aromatic heterocycles. The van der Waals surface area contributed by atoms with Gasteiger partial charge < -0.3 is 9.84 Å². The van der Waals surface area contributed by atoms with Crippen LogP contribution in [0.4, 0.5) is 10.1 Å². The van der Waals surface area contributed by atoms with E-state index in [1.807, 2.05) is 4.72 Å². The van der Waals surface area contributed by atoms with E-state index in [1.54, 1.807) is 0 Å². The second-order valence-corrected chi connectivity index (χ2v) is 5.51. The molecule has 0 saturated heterocycles. The molecule has 0 spiro atoms. The van der Waals surface area contributed by atoms with Crippen LogP contribution in [0.1, 0.15) is 0 Å². The number of hydrogen-bond acceptors (Lipinski definition) is 6. The predicted octanol–water partition coefficient (Wildman–Crippen LogP) is 0.0195. The Morgan fingerprint density at radius 2 is 2.20 bits per heavy atom. The molecule has 0 aliphatic carbocycles. The average molecular weight is 308 g/mol. The van der Waals surface area contributed by atoms with Gasteiger partial charge in [0.25, 0.3) is 5.69 Å². The van der Waals surface area contributed by atoms with E-state index in [9.17, 15) is 22.9 Å². The van der Waals surface area contributed by atoms with Crippen molar-refractivity contribution in [3.63, 3.8) is 0 Å². The molecule has 0 saturated carbocycles. The molecule has 1 rings (SSSR count).